The Balaban J connectivity index is 1.01. The van der Waals surface area contributed by atoms with Crippen molar-refractivity contribution in [3.05, 3.63) is 229 Å². The van der Waals surface area contributed by atoms with Gasteiger partial charge in [0.05, 0.1) is 0 Å². The van der Waals surface area contributed by atoms with Crippen LogP contribution in [0.4, 0.5) is 0 Å². The van der Waals surface area contributed by atoms with E-state index in [9.17, 15) is 0 Å². The third-order valence-electron chi connectivity index (χ3n) is 12.8. The van der Waals surface area contributed by atoms with Gasteiger partial charge >= 0.3 is 0 Å². The lowest BCUT2D eigenvalue weighted by molar-refractivity contribution is 0.669. The lowest BCUT2D eigenvalue weighted by Crippen LogP contribution is -2.33. The van der Waals surface area contributed by atoms with Gasteiger partial charge < -0.3 is 9.73 Å². The molecule has 1 aliphatic heterocycles. The van der Waals surface area contributed by atoms with Crippen LogP contribution in [0, 0.1) is 0 Å². The number of rotatable bonds is 5. The number of benzene rings is 11. The highest BCUT2D eigenvalue weighted by Crippen LogP contribution is 2.44. The van der Waals surface area contributed by atoms with Crippen LogP contribution in [0.3, 0.4) is 0 Å². The molecule has 1 aliphatic rings. The number of amidine groups is 2. The van der Waals surface area contributed by atoms with Crippen molar-refractivity contribution >= 4 is 87.5 Å². The molecule has 1 N–H and O–H groups in total. The molecular weight excluding hydrogens is 767 g/mol. The minimum absolute atomic E-state index is 0.408. The van der Waals surface area contributed by atoms with Crippen molar-refractivity contribution in [2.45, 2.75) is 6.17 Å². The third kappa shape index (κ3) is 5.99. The molecule has 0 radical (unpaired) electrons. The van der Waals surface area contributed by atoms with Gasteiger partial charge in [0.25, 0.3) is 0 Å². The third-order valence-corrected chi connectivity index (χ3v) is 12.8. The Morgan fingerprint density at radius 3 is 1.59 bits per heavy atom. The normalized spacial score (nSPS) is 14.2. The largest absolute Gasteiger partial charge is 0.456 e. The second-order valence-corrected chi connectivity index (χ2v) is 16.6. The zero-order chi connectivity index (χ0) is 41.4. The highest BCUT2D eigenvalue weighted by atomic mass is 16.3. The van der Waals surface area contributed by atoms with Gasteiger partial charge in [-0.3, -0.25) is 0 Å². The van der Waals surface area contributed by atoms with E-state index >= 15 is 0 Å². The predicted molar refractivity (Wildman–Crippen MR) is 264 cm³/mol. The molecule has 63 heavy (non-hydrogen) atoms. The van der Waals surface area contributed by atoms with E-state index in [2.05, 4.69) is 218 Å². The van der Waals surface area contributed by atoms with E-state index in [0.29, 0.717) is 5.84 Å². The fourth-order valence-corrected chi connectivity index (χ4v) is 9.69. The molecule has 0 amide bonds. The quantitative estimate of drug-likeness (QED) is 0.188. The molecule has 13 rings (SSSR count). The fourth-order valence-electron chi connectivity index (χ4n) is 9.69. The van der Waals surface area contributed by atoms with Crippen molar-refractivity contribution < 1.29 is 4.42 Å². The van der Waals surface area contributed by atoms with Crippen molar-refractivity contribution in [3.8, 4) is 22.3 Å². The SMILES string of the molecule is c1ccc2cc(C3=NC(c4ccc(-c5cc(-c6ccc7ccccc7c6)cc6oc7cc8ccccc8cc7c56)c5ccccc45)NC(c4ccc5ccccc5c4)=N3)ccc2c1. The number of nitrogens with one attached hydrogen (secondary N) is 1. The molecule has 0 fully saturated rings. The zero-order valence-corrected chi connectivity index (χ0v) is 34.1. The van der Waals surface area contributed by atoms with Gasteiger partial charge in [-0.15, -0.1) is 0 Å². The van der Waals surface area contributed by atoms with Crippen LogP contribution in [0.2, 0.25) is 0 Å². The van der Waals surface area contributed by atoms with E-state index in [1.165, 1.54) is 26.9 Å². The number of fused-ring (bicyclic) bond motifs is 8. The first-order chi connectivity index (χ1) is 31.2. The van der Waals surface area contributed by atoms with Gasteiger partial charge in [-0.05, 0) is 119 Å². The Labute approximate surface area is 363 Å². The molecule has 0 aliphatic carbocycles. The number of nitrogens with zero attached hydrogens (tertiary/aromatic N) is 2. The predicted octanol–water partition coefficient (Wildman–Crippen LogP) is 15.2. The van der Waals surface area contributed by atoms with Crippen LogP contribution < -0.4 is 5.32 Å². The maximum absolute atomic E-state index is 6.82. The lowest BCUT2D eigenvalue weighted by Gasteiger charge is -2.25. The van der Waals surface area contributed by atoms with Gasteiger partial charge in [0, 0.05) is 27.5 Å². The van der Waals surface area contributed by atoms with Crippen molar-refractivity contribution in [2.24, 2.45) is 9.98 Å². The van der Waals surface area contributed by atoms with E-state index in [1.807, 2.05) is 0 Å². The highest BCUT2D eigenvalue weighted by Gasteiger charge is 2.25. The highest BCUT2D eigenvalue weighted by molar-refractivity contribution is 6.19. The van der Waals surface area contributed by atoms with Crippen molar-refractivity contribution in [1.29, 1.82) is 0 Å². The van der Waals surface area contributed by atoms with Crippen molar-refractivity contribution in [2.75, 3.05) is 0 Å². The van der Waals surface area contributed by atoms with Gasteiger partial charge in [0.2, 0.25) is 0 Å². The number of hydrogen-bond acceptors (Lipinski definition) is 4. The van der Waals surface area contributed by atoms with Gasteiger partial charge in [-0.1, -0.05) is 170 Å². The summed E-state index contributed by atoms with van der Waals surface area (Å²) in [4.78, 5) is 10.7. The summed E-state index contributed by atoms with van der Waals surface area (Å²) in [6.07, 6.45) is -0.408. The van der Waals surface area contributed by atoms with Crippen LogP contribution in [0.15, 0.2) is 227 Å². The second-order valence-electron chi connectivity index (χ2n) is 16.6. The molecule has 0 bridgehead atoms. The molecule has 0 saturated heterocycles. The van der Waals surface area contributed by atoms with E-state index in [4.69, 9.17) is 14.4 Å². The number of furan rings is 1. The summed E-state index contributed by atoms with van der Waals surface area (Å²) < 4.78 is 6.82. The van der Waals surface area contributed by atoms with Gasteiger partial charge in [-0.2, -0.15) is 0 Å². The van der Waals surface area contributed by atoms with Gasteiger partial charge in [0.15, 0.2) is 5.84 Å². The summed E-state index contributed by atoms with van der Waals surface area (Å²) >= 11 is 0. The summed E-state index contributed by atoms with van der Waals surface area (Å²) in [6, 6.07) is 76.1. The molecule has 2 heterocycles. The van der Waals surface area contributed by atoms with E-state index in [-0.39, 0.29) is 0 Å². The van der Waals surface area contributed by atoms with Crippen LogP contribution in [0.1, 0.15) is 22.9 Å². The second kappa shape index (κ2) is 14.1. The summed E-state index contributed by atoms with van der Waals surface area (Å²) in [7, 11) is 0. The number of aliphatic imine (C=N–C) groups is 2. The smallest absolute Gasteiger partial charge is 0.159 e. The first kappa shape index (κ1) is 35.4. The monoisotopic (exact) mass is 803 g/mol. The summed E-state index contributed by atoms with van der Waals surface area (Å²) in [5, 5.41) is 17.7. The van der Waals surface area contributed by atoms with Crippen molar-refractivity contribution in [3.63, 3.8) is 0 Å². The Kier molecular flexibility index (Phi) is 7.94. The van der Waals surface area contributed by atoms with Gasteiger partial charge in [0.1, 0.15) is 23.2 Å². The Hall–Kier alpha value is -8.34. The average molecular weight is 804 g/mol. The van der Waals surface area contributed by atoms with Crippen LogP contribution >= 0.6 is 0 Å². The molecule has 4 nitrogen and oxygen atoms in total. The van der Waals surface area contributed by atoms with Crippen molar-refractivity contribution in [1.82, 2.24) is 5.32 Å². The first-order valence-corrected chi connectivity index (χ1v) is 21.5. The molecule has 1 unspecified atom stereocenters. The molecule has 1 atom stereocenters. The van der Waals surface area contributed by atoms with E-state index in [0.717, 1.165) is 93.6 Å². The summed E-state index contributed by atoms with van der Waals surface area (Å²) in [5.74, 6) is 1.49. The fraction of sp³-hybridized carbons (Fsp3) is 0.0169. The molecule has 0 saturated carbocycles. The minimum atomic E-state index is -0.408. The van der Waals surface area contributed by atoms with Crippen LogP contribution in [-0.2, 0) is 0 Å². The summed E-state index contributed by atoms with van der Waals surface area (Å²) in [5.41, 5.74) is 9.32. The maximum atomic E-state index is 6.82. The standard InChI is InChI=1S/C59H37N3O/c1-4-14-39-29-44(24-21-36(39)11-1)47-33-52(56-53-32-42-17-7-8-18-43(42)34-54(53)63-55(56)35-47)50-27-28-51(49-20-10-9-19-48(49)50)59-61-57(45-25-22-37-12-2-5-15-40(37)30-45)60-58(62-59)46-26-23-38-13-3-6-16-41(38)31-46/h1-35,59H,(H,60,61,62). The molecule has 12 aromatic rings. The maximum Gasteiger partial charge on any atom is 0.159 e. The van der Waals surface area contributed by atoms with Crippen LogP contribution in [0.25, 0.3) is 98.1 Å². The molecular formula is C59H37N3O. The topological polar surface area (TPSA) is 49.9 Å². The minimum Gasteiger partial charge on any atom is -0.456 e. The Morgan fingerprint density at radius 2 is 0.905 bits per heavy atom. The van der Waals surface area contributed by atoms with E-state index in [1.54, 1.807) is 0 Å². The lowest BCUT2D eigenvalue weighted by atomic mass is 9.89. The summed E-state index contributed by atoms with van der Waals surface area (Å²) in [6.45, 7) is 0. The molecule has 0 spiro atoms. The molecule has 294 valence electrons. The molecule has 1 aromatic heterocycles. The van der Waals surface area contributed by atoms with Crippen LogP contribution in [-0.4, -0.2) is 11.7 Å². The van der Waals surface area contributed by atoms with E-state index < -0.39 is 6.17 Å². The Morgan fingerprint density at radius 1 is 0.365 bits per heavy atom. The van der Waals surface area contributed by atoms with Gasteiger partial charge in [-0.25, -0.2) is 9.98 Å². The number of hydrogen-bond donors (Lipinski definition) is 1. The molecule has 11 aromatic carbocycles. The Bertz CT molecular complexity index is 3910. The van der Waals surface area contributed by atoms with Crippen LogP contribution in [0.5, 0.6) is 0 Å². The molecule has 4 heteroatoms. The average Bonchev–Trinajstić information content (AvgIpc) is 3.71. The first-order valence-electron chi connectivity index (χ1n) is 21.5. The zero-order valence-electron chi connectivity index (χ0n) is 34.1.